The lowest BCUT2D eigenvalue weighted by Gasteiger charge is -2.29. The van der Waals surface area contributed by atoms with Crippen molar-refractivity contribution in [2.24, 2.45) is 0 Å². The van der Waals surface area contributed by atoms with Gasteiger partial charge in [-0.2, -0.15) is 0 Å². The van der Waals surface area contributed by atoms with Crippen LogP contribution in [0.5, 0.6) is 0 Å². The fourth-order valence-electron chi connectivity index (χ4n) is 3.59. The van der Waals surface area contributed by atoms with Gasteiger partial charge in [0.05, 0.1) is 5.41 Å². The fraction of sp³-hybridized carbons (Fsp3) is 0.500. The number of carbonyl (C=O) groups is 1. The zero-order valence-electron chi connectivity index (χ0n) is 12.8. The van der Waals surface area contributed by atoms with Gasteiger partial charge in [-0.15, -0.1) is 0 Å². The molecule has 2 N–H and O–H groups in total. The first kappa shape index (κ1) is 15.8. The van der Waals surface area contributed by atoms with E-state index in [0.29, 0.717) is 6.54 Å². The standard InChI is InChI=1S/C18H23BrN2O/c19-16-5-3-15(4-6-16)18(9-1-2-10-18)17(22)21-13-14-7-11-20-12-8-14/h3-7,20H,1-2,8-13H2,(H,21,22). The normalized spacial score (nSPS) is 20.5. The molecule has 1 aliphatic heterocycles. The molecular formula is C18H23BrN2O. The maximum atomic E-state index is 12.9. The predicted octanol–water partition coefficient (Wildman–Crippen LogP) is 3.30. The summed E-state index contributed by atoms with van der Waals surface area (Å²) >= 11 is 3.48. The molecule has 0 atom stereocenters. The van der Waals surface area contributed by atoms with E-state index in [2.05, 4.69) is 44.8 Å². The topological polar surface area (TPSA) is 41.1 Å². The Hall–Kier alpha value is -1.13. The molecule has 118 valence electrons. The van der Waals surface area contributed by atoms with Crippen LogP contribution in [0.4, 0.5) is 0 Å². The monoisotopic (exact) mass is 362 g/mol. The van der Waals surface area contributed by atoms with E-state index in [1.54, 1.807) is 0 Å². The second-order valence-electron chi connectivity index (χ2n) is 6.30. The summed E-state index contributed by atoms with van der Waals surface area (Å²) in [5.74, 6) is 0.201. The maximum Gasteiger partial charge on any atom is 0.230 e. The molecule has 0 unspecified atom stereocenters. The molecule has 2 aliphatic rings. The Bertz CT molecular complexity index is 559. The first-order valence-electron chi connectivity index (χ1n) is 8.14. The maximum absolute atomic E-state index is 12.9. The third kappa shape index (κ3) is 3.28. The van der Waals surface area contributed by atoms with E-state index in [-0.39, 0.29) is 11.3 Å². The van der Waals surface area contributed by atoms with Crippen LogP contribution < -0.4 is 10.6 Å². The Balaban J connectivity index is 1.74. The molecule has 22 heavy (non-hydrogen) atoms. The van der Waals surface area contributed by atoms with Gasteiger partial charge in [0, 0.05) is 17.6 Å². The summed E-state index contributed by atoms with van der Waals surface area (Å²) in [5.41, 5.74) is 2.18. The van der Waals surface area contributed by atoms with E-state index in [1.807, 2.05) is 12.1 Å². The average molecular weight is 363 g/mol. The van der Waals surface area contributed by atoms with Crippen LogP contribution in [0.3, 0.4) is 0 Å². The fourth-order valence-corrected chi connectivity index (χ4v) is 3.85. The van der Waals surface area contributed by atoms with E-state index in [1.165, 1.54) is 5.57 Å². The van der Waals surface area contributed by atoms with Crippen molar-refractivity contribution >= 4 is 21.8 Å². The van der Waals surface area contributed by atoms with Gasteiger partial charge in [-0.3, -0.25) is 4.79 Å². The Kier molecular flexibility index (Phi) is 4.99. The lowest BCUT2D eigenvalue weighted by molar-refractivity contribution is -0.126. The van der Waals surface area contributed by atoms with Gasteiger partial charge in [0.2, 0.25) is 5.91 Å². The lowest BCUT2D eigenvalue weighted by Crippen LogP contribution is -2.43. The van der Waals surface area contributed by atoms with Gasteiger partial charge in [0.25, 0.3) is 0 Å². The Morgan fingerprint density at radius 3 is 2.59 bits per heavy atom. The third-order valence-corrected chi connectivity index (χ3v) is 5.45. The van der Waals surface area contributed by atoms with Crippen molar-refractivity contribution in [1.29, 1.82) is 0 Å². The molecule has 1 aromatic carbocycles. The van der Waals surface area contributed by atoms with E-state index >= 15 is 0 Å². The highest BCUT2D eigenvalue weighted by Gasteiger charge is 2.42. The number of rotatable bonds is 4. The quantitative estimate of drug-likeness (QED) is 0.806. The van der Waals surface area contributed by atoms with E-state index < -0.39 is 0 Å². The van der Waals surface area contributed by atoms with Crippen LogP contribution in [-0.4, -0.2) is 25.5 Å². The second-order valence-corrected chi connectivity index (χ2v) is 7.21. The molecule has 1 aliphatic carbocycles. The van der Waals surface area contributed by atoms with Gasteiger partial charge < -0.3 is 10.6 Å². The summed E-state index contributed by atoms with van der Waals surface area (Å²) in [6.07, 6.45) is 7.42. The van der Waals surface area contributed by atoms with Crippen molar-refractivity contribution < 1.29 is 4.79 Å². The SMILES string of the molecule is O=C(NCC1=CCNCC1)C1(c2ccc(Br)cc2)CCCC1. The molecule has 1 heterocycles. The smallest absolute Gasteiger partial charge is 0.230 e. The molecule has 0 spiro atoms. The van der Waals surface area contributed by atoms with Crippen LogP contribution in [0.2, 0.25) is 0 Å². The minimum atomic E-state index is -0.325. The molecule has 0 saturated heterocycles. The summed E-state index contributed by atoms with van der Waals surface area (Å²) in [4.78, 5) is 12.9. The van der Waals surface area contributed by atoms with Gasteiger partial charge in [0.1, 0.15) is 0 Å². The number of hydrogen-bond acceptors (Lipinski definition) is 2. The molecule has 0 bridgehead atoms. The molecule has 3 rings (SSSR count). The van der Waals surface area contributed by atoms with E-state index in [9.17, 15) is 4.79 Å². The van der Waals surface area contributed by atoms with Crippen LogP contribution in [-0.2, 0) is 10.2 Å². The predicted molar refractivity (Wildman–Crippen MR) is 92.9 cm³/mol. The summed E-state index contributed by atoms with van der Waals surface area (Å²) in [7, 11) is 0. The van der Waals surface area contributed by atoms with Crippen LogP contribution in [0, 0.1) is 0 Å². The molecule has 1 amide bonds. The molecule has 3 nitrogen and oxygen atoms in total. The minimum absolute atomic E-state index is 0.201. The molecule has 0 radical (unpaired) electrons. The molecule has 1 aromatic rings. The van der Waals surface area contributed by atoms with Crippen molar-refractivity contribution in [2.45, 2.75) is 37.5 Å². The van der Waals surface area contributed by atoms with Crippen molar-refractivity contribution in [3.05, 3.63) is 46.0 Å². The highest BCUT2D eigenvalue weighted by molar-refractivity contribution is 9.10. The van der Waals surface area contributed by atoms with Crippen molar-refractivity contribution in [1.82, 2.24) is 10.6 Å². The summed E-state index contributed by atoms with van der Waals surface area (Å²) in [6.45, 7) is 2.63. The van der Waals surface area contributed by atoms with Crippen molar-refractivity contribution in [3.63, 3.8) is 0 Å². The van der Waals surface area contributed by atoms with Gasteiger partial charge in [-0.05, 0) is 43.5 Å². The second kappa shape index (κ2) is 6.97. The van der Waals surface area contributed by atoms with Crippen LogP contribution >= 0.6 is 15.9 Å². The summed E-state index contributed by atoms with van der Waals surface area (Å²) < 4.78 is 1.06. The highest BCUT2D eigenvalue weighted by atomic mass is 79.9. The van der Waals surface area contributed by atoms with Crippen LogP contribution in [0.1, 0.15) is 37.7 Å². The Morgan fingerprint density at radius 2 is 1.95 bits per heavy atom. The minimum Gasteiger partial charge on any atom is -0.352 e. The summed E-state index contributed by atoms with van der Waals surface area (Å²) in [5, 5.41) is 6.50. The first-order chi connectivity index (χ1) is 10.7. The molecule has 1 fully saturated rings. The summed E-state index contributed by atoms with van der Waals surface area (Å²) in [6, 6.07) is 8.27. The van der Waals surface area contributed by atoms with Gasteiger partial charge in [0.15, 0.2) is 0 Å². The molecular weight excluding hydrogens is 340 g/mol. The van der Waals surface area contributed by atoms with Crippen LogP contribution in [0.25, 0.3) is 0 Å². The number of carbonyl (C=O) groups excluding carboxylic acids is 1. The number of amides is 1. The third-order valence-electron chi connectivity index (χ3n) is 4.92. The van der Waals surface area contributed by atoms with Gasteiger partial charge in [-0.1, -0.05) is 52.6 Å². The molecule has 0 aromatic heterocycles. The number of benzene rings is 1. The lowest BCUT2D eigenvalue weighted by atomic mass is 9.78. The van der Waals surface area contributed by atoms with Gasteiger partial charge >= 0.3 is 0 Å². The number of hydrogen-bond donors (Lipinski definition) is 2. The van der Waals surface area contributed by atoms with E-state index in [0.717, 1.165) is 55.2 Å². The van der Waals surface area contributed by atoms with Crippen molar-refractivity contribution in [2.75, 3.05) is 19.6 Å². The van der Waals surface area contributed by atoms with Crippen LogP contribution in [0.15, 0.2) is 40.4 Å². The van der Waals surface area contributed by atoms with Gasteiger partial charge in [-0.25, -0.2) is 0 Å². The zero-order chi connectivity index (χ0) is 15.4. The number of nitrogens with one attached hydrogen (secondary N) is 2. The zero-order valence-corrected chi connectivity index (χ0v) is 14.4. The van der Waals surface area contributed by atoms with Crippen molar-refractivity contribution in [3.8, 4) is 0 Å². The number of halogens is 1. The van der Waals surface area contributed by atoms with E-state index in [4.69, 9.17) is 0 Å². The highest BCUT2D eigenvalue weighted by Crippen LogP contribution is 2.41. The molecule has 4 heteroatoms. The largest absolute Gasteiger partial charge is 0.352 e. The molecule has 1 saturated carbocycles. The average Bonchev–Trinajstić information content (AvgIpc) is 3.05. The first-order valence-corrected chi connectivity index (χ1v) is 8.93. The Labute approximate surface area is 140 Å². The Morgan fingerprint density at radius 1 is 1.23 bits per heavy atom.